The molecule has 3 aliphatic rings. The fourth-order valence-corrected chi connectivity index (χ4v) is 3.73. The lowest BCUT2D eigenvalue weighted by atomic mass is 9.59. The molecule has 0 amide bonds. The van der Waals surface area contributed by atoms with Crippen LogP contribution in [0.5, 0.6) is 0 Å². The van der Waals surface area contributed by atoms with Crippen molar-refractivity contribution in [2.24, 2.45) is 17.3 Å². The maximum Gasteiger partial charge on any atom is 0.00179 e. The van der Waals surface area contributed by atoms with Gasteiger partial charge in [0, 0.05) is 11.8 Å². The Labute approximate surface area is 98.4 Å². The van der Waals surface area contributed by atoms with Gasteiger partial charge in [0.15, 0.2) is 0 Å². The summed E-state index contributed by atoms with van der Waals surface area (Å²) in [5.74, 6) is 1.34. The van der Waals surface area contributed by atoms with Crippen molar-refractivity contribution < 1.29 is 0 Å². The zero-order valence-electron chi connectivity index (χ0n) is 9.81. The summed E-state index contributed by atoms with van der Waals surface area (Å²) in [6.45, 7) is 0. The molecule has 0 aliphatic heterocycles. The van der Waals surface area contributed by atoms with Crippen LogP contribution in [0.1, 0.15) is 32.1 Å². The summed E-state index contributed by atoms with van der Waals surface area (Å²) in [4.78, 5) is 0. The summed E-state index contributed by atoms with van der Waals surface area (Å²) in [5, 5.41) is 0. The highest BCUT2D eigenvalue weighted by Gasteiger charge is 2.42. The molecule has 0 aromatic heterocycles. The second kappa shape index (κ2) is 4.08. The first-order valence-corrected chi connectivity index (χ1v) is 6.62. The van der Waals surface area contributed by atoms with Crippen LogP contribution in [0.4, 0.5) is 0 Å². The van der Waals surface area contributed by atoms with E-state index in [2.05, 4.69) is 48.6 Å². The lowest BCUT2D eigenvalue weighted by Gasteiger charge is -2.44. The van der Waals surface area contributed by atoms with E-state index < -0.39 is 0 Å². The van der Waals surface area contributed by atoms with Crippen molar-refractivity contribution in [3.05, 3.63) is 48.6 Å². The third kappa shape index (κ3) is 1.52. The molecule has 3 aliphatic carbocycles. The molecule has 16 heavy (non-hydrogen) atoms. The third-order valence-corrected chi connectivity index (χ3v) is 4.61. The molecule has 0 aromatic carbocycles. The molecule has 0 N–H and O–H groups in total. The van der Waals surface area contributed by atoms with Crippen LogP contribution >= 0.6 is 0 Å². The first kappa shape index (κ1) is 10.1. The quantitative estimate of drug-likeness (QED) is 0.635. The van der Waals surface area contributed by atoms with Gasteiger partial charge in [-0.3, -0.25) is 0 Å². The summed E-state index contributed by atoms with van der Waals surface area (Å²) in [5.41, 5.74) is 0.491. The van der Waals surface area contributed by atoms with Crippen molar-refractivity contribution in [1.29, 1.82) is 0 Å². The van der Waals surface area contributed by atoms with Crippen LogP contribution in [0.3, 0.4) is 0 Å². The Morgan fingerprint density at radius 2 is 1.06 bits per heavy atom. The fraction of sp³-hybridized carbons (Fsp3) is 0.500. The van der Waals surface area contributed by atoms with E-state index >= 15 is 0 Å². The van der Waals surface area contributed by atoms with E-state index in [0.717, 1.165) is 0 Å². The zero-order chi connectivity index (χ0) is 10.8. The zero-order valence-corrected chi connectivity index (χ0v) is 9.81. The minimum Gasteiger partial charge on any atom is -0.0770 e. The summed E-state index contributed by atoms with van der Waals surface area (Å²) in [6, 6.07) is 0. The molecular weight excluding hydrogens is 192 g/mol. The van der Waals surface area contributed by atoms with Crippen molar-refractivity contribution in [1.82, 2.24) is 0 Å². The Hall–Kier alpha value is -1.04. The van der Waals surface area contributed by atoms with Gasteiger partial charge in [-0.25, -0.2) is 0 Å². The molecule has 0 heterocycles. The van der Waals surface area contributed by atoms with Gasteiger partial charge in [0.2, 0.25) is 0 Å². The van der Waals surface area contributed by atoms with Gasteiger partial charge in [0.25, 0.3) is 0 Å². The fourth-order valence-electron chi connectivity index (χ4n) is 3.73. The molecule has 1 saturated carbocycles. The standard InChI is InChI=1S/C16H20/c1-6-12-16(13-7-1,14-8-2-3-9-14)15-10-4-5-11-15/h2-5,8-11,14-15H,1,6-7,12-13H2. The predicted molar refractivity (Wildman–Crippen MR) is 69.1 cm³/mol. The largest absolute Gasteiger partial charge is 0.0770 e. The van der Waals surface area contributed by atoms with Crippen molar-refractivity contribution >= 4 is 0 Å². The van der Waals surface area contributed by atoms with Gasteiger partial charge in [-0.1, -0.05) is 67.9 Å². The minimum absolute atomic E-state index is 0.491. The molecule has 0 bridgehead atoms. The van der Waals surface area contributed by atoms with Gasteiger partial charge in [0.05, 0.1) is 0 Å². The Balaban J connectivity index is 1.92. The molecule has 1 fully saturated rings. The molecule has 0 nitrogen and oxygen atoms in total. The predicted octanol–water partition coefficient (Wildman–Crippen LogP) is 4.42. The highest BCUT2D eigenvalue weighted by Crippen LogP contribution is 2.52. The van der Waals surface area contributed by atoms with Crippen molar-refractivity contribution in [3.63, 3.8) is 0 Å². The summed E-state index contributed by atoms with van der Waals surface area (Å²) in [6.07, 6.45) is 25.6. The molecule has 0 spiro atoms. The normalized spacial score (nSPS) is 28.2. The Morgan fingerprint density at radius 3 is 1.50 bits per heavy atom. The molecule has 0 heteroatoms. The molecular formula is C16H20. The molecule has 84 valence electrons. The molecule has 0 radical (unpaired) electrons. The van der Waals surface area contributed by atoms with Gasteiger partial charge < -0.3 is 0 Å². The maximum atomic E-state index is 2.41. The van der Waals surface area contributed by atoms with Crippen molar-refractivity contribution in [2.45, 2.75) is 32.1 Å². The average Bonchev–Trinajstić information content (AvgIpc) is 3.04. The molecule has 0 atom stereocenters. The molecule has 0 unspecified atom stereocenters. The summed E-state index contributed by atoms with van der Waals surface area (Å²) >= 11 is 0. The minimum atomic E-state index is 0.491. The van der Waals surface area contributed by atoms with Crippen LogP contribution in [0.2, 0.25) is 0 Å². The van der Waals surface area contributed by atoms with Gasteiger partial charge in [-0.15, -0.1) is 0 Å². The monoisotopic (exact) mass is 212 g/mol. The van der Waals surface area contributed by atoms with Crippen LogP contribution in [-0.4, -0.2) is 0 Å². The first-order chi connectivity index (χ1) is 7.92. The molecule has 0 aromatic rings. The van der Waals surface area contributed by atoms with E-state index in [-0.39, 0.29) is 0 Å². The Bertz CT molecular complexity index is 307. The lowest BCUT2D eigenvalue weighted by Crippen LogP contribution is -2.36. The van der Waals surface area contributed by atoms with Crippen LogP contribution in [-0.2, 0) is 0 Å². The van der Waals surface area contributed by atoms with E-state index in [1.165, 1.54) is 32.1 Å². The van der Waals surface area contributed by atoms with E-state index in [0.29, 0.717) is 17.3 Å². The van der Waals surface area contributed by atoms with Crippen LogP contribution in [0, 0.1) is 17.3 Å². The number of allylic oxidation sites excluding steroid dienone is 8. The van der Waals surface area contributed by atoms with Crippen molar-refractivity contribution in [2.75, 3.05) is 0 Å². The van der Waals surface area contributed by atoms with E-state index in [1.54, 1.807) is 0 Å². The average molecular weight is 212 g/mol. The van der Waals surface area contributed by atoms with Gasteiger partial charge in [-0.05, 0) is 18.3 Å². The summed E-state index contributed by atoms with van der Waals surface area (Å²) in [7, 11) is 0. The van der Waals surface area contributed by atoms with Gasteiger partial charge in [-0.2, -0.15) is 0 Å². The second-order valence-corrected chi connectivity index (χ2v) is 5.38. The summed E-state index contributed by atoms with van der Waals surface area (Å²) < 4.78 is 0. The number of hydrogen-bond acceptors (Lipinski definition) is 0. The van der Waals surface area contributed by atoms with E-state index in [9.17, 15) is 0 Å². The Kier molecular flexibility index (Phi) is 2.59. The van der Waals surface area contributed by atoms with Crippen LogP contribution < -0.4 is 0 Å². The molecule has 0 saturated heterocycles. The smallest absolute Gasteiger partial charge is 0.00179 e. The van der Waals surface area contributed by atoms with Gasteiger partial charge >= 0.3 is 0 Å². The topological polar surface area (TPSA) is 0 Å². The number of hydrogen-bond donors (Lipinski definition) is 0. The van der Waals surface area contributed by atoms with Crippen LogP contribution in [0.15, 0.2) is 48.6 Å². The SMILES string of the molecule is C1=CC(C2(C3C=CC=C3)CCCCC2)C=C1. The van der Waals surface area contributed by atoms with E-state index in [4.69, 9.17) is 0 Å². The molecule has 3 rings (SSSR count). The maximum absolute atomic E-state index is 2.41. The lowest BCUT2D eigenvalue weighted by molar-refractivity contribution is 0.117. The third-order valence-electron chi connectivity index (χ3n) is 4.61. The highest BCUT2D eigenvalue weighted by molar-refractivity contribution is 5.28. The number of rotatable bonds is 2. The first-order valence-electron chi connectivity index (χ1n) is 6.62. The second-order valence-electron chi connectivity index (χ2n) is 5.38. The van der Waals surface area contributed by atoms with Gasteiger partial charge in [0.1, 0.15) is 0 Å². The highest BCUT2D eigenvalue weighted by atomic mass is 14.5. The Morgan fingerprint density at radius 1 is 0.625 bits per heavy atom. The van der Waals surface area contributed by atoms with E-state index in [1.807, 2.05) is 0 Å². The van der Waals surface area contributed by atoms with Crippen molar-refractivity contribution in [3.8, 4) is 0 Å². The van der Waals surface area contributed by atoms with Crippen LogP contribution in [0.25, 0.3) is 0 Å².